The number of amides is 1. The van der Waals surface area contributed by atoms with Gasteiger partial charge in [0, 0.05) is 6.07 Å². The van der Waals surface area contributed by atoms with Crippen LogP contribution in [0.3, 0.4) is 0 Å². The van der Waals surface area contributed by atoms with Gasteiger partial charge in [-0.25, -0.2) is 0 Å². The molecule has 0 aliphatic heterocycles. The minimum absolute atomic E-state index is 0.261. The van der Waals surface area contributed by atoms with Gasteiger partial charge in [0.1, 0.15) is 5.41 Å². The van der Waals surface area contributed by atoms with Gasteiger partial charge in [0.05, 0.1) is 18.3 Å². The SMILES string of the molecule is CCC(C)(C#N)C(=O)NCc1cc(C)no1. The van der Waals surface area contributed by atoms with Crippen LogP contribution in [0.25, 0.3) is 0 Å². The monoisotopic (exact) mass is 221 g/mol. The Balaban J connectivity index is 2.57. The Morgan fingerprint density at radius 2 is 2.44 bits per heavy atom. The van der Waals surface area contributed by atoms with Crippen LogP contribution in [0.2, 0.25) is 0 Å². The lowest BCUT2D eigenvalue weighted by atomic mass is 9.88. The zero-order valence-corrected chi connectivity index (χ0v) is 9.70. The van der Waals surface area contributed by atoms with Gasteiger partial charge in [0.2, 0.25) is 5.91 Å². The van der Waals surface area contributed by atoms with Crippen LogP contribution in [0.15, 0.2) is 10.6 Å². The topological polar surface area (TPSA) is 78.9 Å². The van der Waals surface area contributed by atoms with Crippen molar-refractivity contribution in [3.63, 3.8) is 0 Å². The summed E-state index contributed by atoms with van der Waals surface area (Å²) in [4.78, 5) is 11.7. The second-order valence-corrected chi connectivity index (χ2v) is 3.91. The summed E-state index contributed by atoms with van der Waals surface area (Å²) in [6, 6.07) is 3.76. The van der Waals surface area contributed by atoms with Crippen LogP contribution in [0.5, 0.6) is 0 Å². The van der Waals surface area contributed by atoms with E-state index in [1.807, 2.05) is 6.07 Å². The molecule has 0 aliphatic carbocycles. The number of nitriles is 1. The number of rotatable bonds is 4. The summed E-state index contributed by atoms with van der Waals surface area (Å²) >= 11 is 0. The molecule has 5 heteroatoms. The molecule has 1 aromatic rings. The minimum Gasteiger partial charge on any atom is -0.359 e. The zero-order valence-electron chi connectivity index (χ0n) is 9.70. The molecule has 1 atom stereocenters. The van der Waals surface area contributed by atoms with Gasteiger partial charge in [0.25, 0.3) is 0 Å². The first kappa shape index (κ1) is 12.2. The van der Waals surface area contributed by atoms with Crippen LogP contribution in [0.4, 0.5) is 0 Å². The van der Waals surface area contributed by atoms with E-state index in [4.69, 9.17) is 9.78 Å². The van der Waals surface area contributed by atoms with Crippen LogP contribution in [0.1, 0.15) is 31.7 Å². The van der Waals surface area contributed by atoms with Gasteiger partial charge in [-0.2, -0.15) is 5.26 Å². The van der Waals surface area contributed by atoms with Crippen LogP contribution >= 0.6 is 0 Å². The van der Waals surface area contributed by atoms with Crippen LogP contribution in [-0.2, 0) is 11.3 Å². The molecule has 0 radical (unpaired) electrons. The molecule has 0 aromatic carbocycles. The Morgan fingerprint density at radius 3 is 2.88 bits per heavy atom. The molecule has 0 bridgehead atoms. The van der Waals surface area contributed by atoms with E-state index in [1.165, 1.54) is 0 Å². The Bertz CT molecular complexity index is 419. The number of hydrogen-bond donors (Lipinski definition) is 1. The Kier molecular flexibility index (Phi) is 3.67. The summed E-state index contributed by atoms with van der Waals surface area (Å²) < 4.78 is 4.95. The number of carbonyl (C=O) groups is 1. The summed E-state index contributed by atoms with van der Waals surface area (Å²) in [5.74, 6) is 0.300. The number of hydrogen-bond acceptors (Lipinski definition) is 4. The highest BCUT2D eigenvalue weighted by atomic mass is 16.5. The van der Waals surface area contributed by atoms with Gasteiger partial charge in [0.15, 0.2) is 5.76 Å². The Morgan fingerprint density at radius 1 is 1.75 bits per heavy atom. The van der Waals surface area contributed by atoms with Gasteiger partial charge in [-0.3, -0.25) is 4.79 Å². The van der Waals surface area contributed by atoms with Gasteiger partial charge in [-0.05, 0) is 20.3 Å². The van der Waals surface area contributed by atoms with E-state index in [9.17, 15) is 4.79 Å². The molecule has 0 spiro atoms. The third-order valence-electron chi connectivity index (χ3n) is 2.55. The summed E-state index contributed by atoms with van der Waals surface area (Å²) in [6.45, 7) is 5.49. The van der Waals surface area contributed by atoms with Crippen molar-refractivity contribution < 1.29 is 9.32 Å². The standard InChI is InChI=1S/C11H15N3O2/c1-4-11(3,7-12)10(15)13-6-9-5-8(2)14-16-9/h5H,4,6H2,1-3H3,(H,13,15). The Hall–Kier alpha value is -1.83. The third kappa shape index (κ3) is 2.60. The van der Waals surface area contributed by atoms with Crippen LogP contribution in [-0.4, -0.2) is 11.1 Å². The lowest BCUT2D eigenvalue weighted by molar-refractivity contribution is -0.127. The third-order valence-corrected chi connectivity index (χ3v) is 2.55. The summed E-state index contributed by atoms with van der Waals surface area (Å²) in [6.07, 6.45) is 0.477. The molecule has 0 fully saturated rings. The number of carbonyl (C=O) groups excluding carboxylic acids is 1. The van der Waals surface area contributed by atoms with E-state index >= 15 is 0 Å². The van der Waals surface area contributed by atoms with E-state index in [2.05, 4.69) is 10.5 Å². The molecule has 0 saturated carbocycles. The lowest BCUT2D eigenvalue weighted by Gasteiger charge is -2.17. The smallest absolute Gasteiger partial charge is 0.240 e. The summed E-state index contributed by atoms with van der Waals surface area (Å²) in [5.41, 5.74) is -0.211. The Labute approximate surface area is 94.4 Å². The normalized spacial score (nSPS) is 13.9. The van der Waals surface area contributed by atoms with Crippen molar-refractivity contribution in [1.82, 2.24) is 10.5 Å². The molecule has 0 saturated heterocycles. The number of nitrogens with one attached hydrogen (secondary N) is 1. The molecule has 5 nitrogen and oxygen atoms in total. The number of nitrogens with zero attached hydrogens (tertiary/aromatic N) is 2. The van der Waals surface area contributed by atoms with Gasteiger partial charge >= 0.3 is 0 Å². The number of aryl methyl sites for hydroxylation is 1. The van der Waals surface area contributed by atoms with Crippen LogP contribution in [0, 0.1) is 23.7 Å². The fraction of sp³-hybridized carbons (Fsp3) is 0.545. The fourth-order valence-corrected chi connectivity index (χ4v) is 1.15. The zero-order chi connectivity index (χ0) is 12.2. The molecule has 1 amide bonds. The molecule has 0 aliphatic rings. The van der Waals surface area contributed by atoms with Crippen molar-refractivity contribution in [2.45, 2.75) is 33.7 Å². The molecule has 16 heavy (non-hydrogen) atoms. The maximum absolute atomic E-state index is 11.7. The van der Waals surface area contributed by atoms with E-state index < -0.39 is 5.41 Å². The van der Waals surface area contributed by atoms with Crippen molar-refractivity contribution in [2.24, 2.45) is 5.41 Å². The average molecular weight is 221 g/mol. The second kappa shape index (κ2) is 4.79. The molecule has 1 aromatic heterocycles. The van der Waals surface area contributed by atoms with Crippen molar-refractivity contribution in [3.05, 3.63) is 17.5 Å². The molecular weight excluding hydrogens is 206 g/mol. The van der Waals surface area contributed by atoms with Gasteiger partial charge in [-0.15, -0.1) is 0 Å². The summed E-state index contributed by atoms with van der Waals surface area (Å²) in [7, 11) is 0. The maximum Gasteiger partial charge on any atom is 0.240 e. The minimum atomic E-state index is -0.977. The first-order chi connectivity index (χ1) is 7.51. The summed E-state index contributed by atoms with van der Waals surface area (Å²) in [5, 5.41) is 15.3. The average Bonchev–Trinajstić information content (AvgIpc) is 2.70. The van der Waals surface area contributed by atoms with E-state index in [1.54, 1.807) is 26.8 Å². The van der Waals surface area contributed by atoms with Crippen molar-refractivity contribution in [3.8, 4) is 6.07 Å². The van der Waals surface area contributed by atoms with Crippen molar-refractivity contribution in [2.75, 3.05) is 0 Å². The molecule has 1 heterocycles. The predicted octanol–water partition coefficient (Wildman–Crippen LogP) is 1.54. The largest absolute Gasteiger partial charge is 0.359 e. The molecule has 1 unspecified atom stereocenters. The van der Waals surface area contributed by atoms with Crippen LogP contribution < -0.4 is 5.32 Å². The van der Waals surface area contributed by atoms with Gasteiger partial charge < -0.3 is 9.84 Å². The first-order valence-electron chi connectivity index (χ1n) is 5.13. The van der Waals surface area contributed by atoms with Crippen molar-refractivity contribution >= 4 is 5.91 Å². The fourth-order valence-electron chi connectivity index (χ4n) is 1.15. The molecule has 1 N–H and O–H groups in total. The molecule has 1 rings (SSSR count). The van der Waals surface area contributed by atoms with Gasteiger partial charge in [-0.1, -0.05) is 12.1 Å². The van der Waals surface area contributed by atoms with E-state index in [-0.39, 0.29) is 12.5 Å². The molecular formula is C11H15N3O2. The molecule has 86 valence electrons. The highest BCUT2D eigenvalue weighted by molar-refractivity contribution is 5.84. The first-order valence-corrected chi connectivity index (χ1v) is 5.13. The quantitative estimate of drug-likeness (QED) is 0.836. The highest BCUT2D eigenvalue weighted by Crippen LogP contribution is 2.19. The van der Waals surface area contributed by atoms with E-state index in [0.29, 0.717) is 12.2 Å². The van der Waals surface area contributed by atoms with E-state index in [0.717, 1.165) is 5.69 Å². The maximum atomic E-state index is 11.7. The number of aromatic nitrogens is 1. The lowest BCUT2D eigenvalue weighted by Crippen LogP contribution is -2.37. The predicted molar refractivity (Wildman–Crippen MR) is 57.1 cm³/mol. The van der Waals surface area contributed by atoms with Crippen molar-refractivity contribution in [1.29, 1.82) is 5.26 Å². The highest BCUT2D eigenvalue weighted by Gasteiger charge is 2.30. The second-order valence-electron chi connectivity index (χ2n) is 3.91.